The van der Waals surface area contributed by atoms with Crippen LogP contribution in [0.4, 0.5) is 0 Å². The van der Waals surface area contributed by atoms with Crippen LogP contribution in [0.15, 0.2) is 0 Å². The van der Waals surface area contributed by atoms with Crippen LogP contribution in [-0.2, 0) is 4.79 Å². The highest BCUT2D eigenvalue weighted by Gasteiger charge is 2.29. The van der Waals surface area contributed by atoms with Crippen molar-refractivity contribution in [1.82, 2.24) is 0 Å². The highest BCUT2D eigenvalue weighted by Crippen LogP contribution is 2.35. The molecule has 2 atom stereocenters. The number of rotatable bonds is 16. The van der Waals surface area contributed by atoms with E-state index in [4.69, 9.17) is 0 Å². The second kappa shape index (κ2) is 14.3. The van der Waals surface area contributed by atoms with Crippen LogP contribution in [0, 0.1) is 11.3 Å². The lowest BCUT2D eigenvalue weighted by molar-refractivity contribution is -0.126. The summed E-state index contributed by atoms with van der Waals surface area (Å²) in [7, 11) is 0. The summed E-state index contributed by atoms with van der Waals surface area (Å²) in [5.74, 6) is 1.22. The number of alkyl halides is 1. The Bertz CT molecular complexity index is 309. The molecule has 0 aliphatic rings. The Morgan fingerprint density at radius 1 is 0.833 bits per heavy atom. The molecule has 0 aliphatic carbocycles. The van der Waals surface area contributed by atoms with E-state index in [0.717, 1.165) is 18.8 Å². The maximum absolute atomic E-state index is 12.3. The van der Waals surface area contributed by atoms with Crippen LogP contribution in [0.2, 0.25) is 0 Å². The minimum Gasteiger partial charge on any atom is -0.299 e. The number of carbonyl (C=O) groups is 1. The third-order valence-electron chi connectivity index (χ3n) is 5.71. The van der Waals surface area contributed by atoms with E-state index >= 15 is 0 Å². The molecule has 0 N–H and O–H groups in total. The van der Waals surface area contributed by atoms with Gasteiger partial charge in [-0.3, -0.25) is 4.79 Å². The van der Waals surface area contributed by atoms with Crippen LogP contribution in [0.5, 0.6) is 0 Å². The first-order valence-corrected chi connectivity index (χ1v) is 11.5. The summed E-state index contributed by atoms with van der Waals surface area (Å²) in [6, 6.07) is 0. The molecule has 144 valence electrons. The molecule has 0 radical (unpaired) electrons. The fourth-order valence-corrected chi connectivity index (χ4v) is 4.35. The van der Waals surface area contributed by atoms with Crippen molar-refractivity contribution in [3.63, 3.8) is 0 Å². The standard InChI is InChI=1S/C22H43BrO/c1-6-9-14-21(23)15-10-11-17-22(5,19(4)24)18-16-20(12-7-2)13-8-3/h20-21H,6-18H2,1-5H3. The van der Waals surface area contributed by atoms with Gasteiger partial charge in [0.05, 0.1) is 0 Å². The molecule has 0 aliphatic heterocycles. The fraction of sp³-hybridized carbons (Fsp3) is 0.955. The summed E-state index contributed by atoms with van der Waals surface area (Å²) in [6.07, 6.45) is 16.1. The number of ketones is 1. The molecule has 0 saturated carbocycles. The van der Waals surface area contributed by atoms with Gasteiger partial charge in [-0.05, 0) is 44.9 Å². The molecular formula is C22H43BrO. The van der Waals surface area contributed by atoms with E-state index < -0.39 is 0 Å². The molecule has 2 heteroatoms. The van der Waals surface area contributed by atoms with Gasteiger partial charge in [-0.25, -0.2) is 0 Å². The van der Waals surface area contributed by atoms with Crippen molar-refractivity contribution in [3.05, 3.63) is 0 Å². The molecule has 0 saturated heterocycles. The van der Waals surface area contributed by atoms with Crippen LogP contribution in [0.25, 0.3) is 0 Å². The van der Waals surface area contributed by atoms with Gasteiger partial charge in [-0.1, -0.05) is 95.0 Å². The van der Waals surface area contributed by atoms with Crippen molar-refractivity contribution in [2.24, 2.45) is 11.3 Å². The second-order valence-electron chi connectivity index (χ2n) is 8.08. The van der Waals surface area contributed by atoms with Crippen molar-refractivity contribution < 1.29 is 4.79 Å². The summed E-state index contributed by atoms with van der Waals surface area (Å²) >= 11 is 3.81. The summed E-state index contributed by atoms with van der Waals surface area (Å²) in [4.78, 5) is 12.9. The third kappa shape index (κ3) is 10.9. The molecule has 1 nitrogen and oxygen atoms in total. The molecular weight excluding hydrogens is 360 g/mol. The number of carbonyl (C=O) groups excluding carboxylic acids is 1. The van der Waals surface area contributed by atoms with Crippen molar-refractivity contribution >= 4 is 21.7 Å². The Morgan fingerprint density at radius 3 is 1.92 bits per heavy atom. The van der Waals surface area contributed by atoms with Gasteiger partial charge in [-0.2, -0.15) is 0 Å². The van der Waals surface area contributed by atoms with Crippen molar-refractivity contribution in [2.45, 2.75) is 123 Å². The Labute approximate surface area is 160 Å². The largest absolute Gasteiger partial charge is 0.299 e. The SMILES string of the molecule is CCCCC(Br)CCCCC(C)(CCC(CCC)CCC)C(C)=O. The summed E-state index contributed by atoms with van der Waals surface area (Å²) in [5.41, 5.74) is -0.0923. The van der Waals surface area contributed by atoms with E-state index in [1.54, 1.807) is 0 Å². The fourth-order valence-electron chi connectivity index (χ4n) is 3.70. The lowest BCUT2D eigenvalue weighted by Crippen LogP contribution is -2.26. The van der Waals surface area contributed by atoms with Crippen molar-refractivity contribution in [2.75, 3.05) is 0 Å². The van der Waals surface area contributed by atoms with Gasteiger partial charge in [0, 0.05) is 10.2 Å². The van der Waals surface area contributed by atoms with E-state index in [1.165, 1.54) is 70.6 Å². The quantitative estimate of drug-likeness (QED) is 0.188. The predicted molar refractivity (Wildman–Crippen MR) is 112 cm³/mol. The topological polar surface area (TPSA) is 17.1 Å². The molecule has 0 fully saturated rings. The Balaban J connectivity index is 4.27. The molecule has 0 aromatic heterocycles. The number of Topliss-reactive ketones (excluding diaryl/α,β-unsaturated/α-hetero) is 1. The van der Waals surface area contributed by atoms with E-state index in [0.29, 0.717) is 10.6 Å². The lowest BCUT2D eigenvalue weighted by atomic mass is 9.75. The average molecular weight is 403 g/mol. The first-order valence-electron chi connectivity index (χ1n) is 10.5. The smallest absolute Gasteiger partial charge is 0.135 e. The number of hydrogen-bond donors (Lipinski definition) is 0. The number of halogens is 1. The molecule has 0 aromatic rings. The summed E-state index contributed by atoms with van der Waals surface area (Å²) < 4.78 is 0. The molecule has 0 spiro atoms. The van der Waals surface area contributed by atoms with E-state index in [-0.39, 0.29) is 5.41 Å². The summed E-state index contributed by atoms with van der Waals surface area (Å²) in [6.45, 7) is 10.8. The van der Waals surface area contributed by atoms with Gasteiger partial charge in [0.2, 0.25) is 0 Å². The average Bonchev–Trinajstić information content (AvgIpc) is 2.55. The van der Waals surface area contributed by atoms with Crippen molar-refractivity contribution in [1.29, 1.82) is 0 Å². The lowest BCUT2D eigenvalue weighted by Gasteiger charge is -2.29. The maximum atomic E-state index is 12.3. The zero-order valence-corrected chi connectivity index (χ0v) is 18.7. The van der Waals surface area contributed by atoms with Gasteiger partial charge >= 0.3 is 0 Å². The van der Waals surface area contributed by atoms with Crippen molar-refractivity contribution in [3.8, 4) is 0 Å². The predicted octanol–water partition coefficient (Wildman–Crippen LogP) is 8.09. The second-order valence-corrected chi connectivity index (χ2v) is 9.38. The zero-order valence-electron chi connectivity index (χ0n) is 17.1. The normalized spacial score (nSPS) is 15.5. The third-order valence-corrected chi connectivity index (χ3v) is 6.63. The first kappa shape index (κ1) is 24.1. The molecule has 24 heavy (non-hydrogen) atoms. The van der Waals surface area contributed by atoms with Crippen LogP contribution in [0.1, 0.15) is 118 Å². The number of hydrogen-bond acceptors (Lipinski definition) is 1. The van der Waals surface area contributed by atoms with Gasteiger partial charge in [0.1, 0.15) is 5.78 Å². The van der Waals surface area contributed by atoms with Crippen LogP contribution < -0.4 is 0 Å². The molecule has 2 unspecified atom stereocenters. The van der Waals surface area contributed by atoms with Gasteiger partial charge < -0.3 is 0 Å². The highest BCUT2D eigenvalue weighted by molar-refractivity contribution is 9.09. The zero-order chi connectivity index (χ0) is 18.4. The number of unbranched alkanes of at least 4 members (excludes halogenated alkanes) is 2. The minimum atomic E-state index is -0.0923. The Kier molecular flexibility index (Phi) is 14.4. The van der Waals surface area contributed by atoms with E-state index in [1.807, 2.05) is 6.92 Å². The van der Waals surface area contributed by atoms with Gasteiger partial charge in [0.25, 0.3) is 0 Å². The van der Waals surface area contributed by atoms with Crippen LogP contribution in [-0.4, -0.2) is 10.6 Å². The monoisotopic (exact) mass is 402 g/mol. The van der Waals surface area contributed by atoms with Crippen LogP contribution in [0.3, 0.4) is 0 Å². The van der Waals surface area contributed by atoms with Gasteiger partial charge in [-0.15, -0.1) is 0 Å². The van der Waals surface area contributed by atoms with E-state index in [2.05, 4.69) is 43.6 Å². The Morgan fingerprint density at radius 2 is 1.42 bits per heavy atom. The summed E-state index contributed by atoms with van der Waals surface area (Å²) in [5, 5.41) is 0. The molecule has 0 amide bonds. The van der Waals surface area contributed by atoms with E-state index in [9.17, 15) is 4.79 Å². The first-order chi connectivity index (χ1) is 11.4. The highest BCUT2D eigenvalue weighted by atomic mass is 79.9. The van der Waals surface area contributed by atoms with Gasteiger partial charge in [0.15, 0.2) is 0 Å². The molecule has 0 heterocycles. The minimum absolute atomic E-state index is 0.0923. The molecule has 0 bridgehead atoms. The maximum Gasteiger partial charge on any atom is 0.135 e. The van der Waals surface area contributed by atoms with Crippen LogP contribution >= 0.6 is 15.9 Å². The molecule has 0 aromatic carbocycles. The molecule has 0 rings (SSSR count). The Hall–Kier alpha value is 0.150.